The molecular weight excluding hydrogens is 1200 g/mol. The predicted octanol–water partition coefficient (Wildman–Crippen LogP) is -3.53. The van der Waals surface area contributed by atoms with Gasteiger partial charge in [0, 0.05) is 55.7 Å². The first-order chi connectivity index (χ1) is 42.0. The lowest BCUT2D eigenvalue weighted by Crippen LogP contribution is -2.62. The molecule has 0 saturated carbocycles. The van der Waals surface area contributed by atoms with Crippen LogP contribution in [0.15, 0.2) is 36.8 Å². The molecule has 1 aromatic heterocycles. The Bertz CT molecular complexity index is 2670. The minimum atomic E-state index is -1.75. The summed E-state index contributed by atoms with van der Waals surface area (Å²) in [6, 6.07) is -7.36. The van der Waals surface area contributed by atoms with Gasteiger partial charge in [-0.3, -0.25) is 62.9 Å². The van der Waals surface area contributed by atoms with Crippen LogP contribution in [0.4, 0.5) is 0 Å². The number of Topliss-reactive ketones (excluding diaryl/α,β-unsaturated/α-hetero) is 1. The van der Waals surface area contributed by atoms with Gasteiger partial charge < -0.3 is 90.5 Å². The number of aromatic amines is 1. The third-order valence-corrected chi connectivity index (χ3v) is 15.9. The molecule has 2 aromatic rings. The van der Waals surface area contributed by atoms with Gasteiger partial charge in [-0.05, 0) is 82.0 Å². The van der Waals surface area contributed by atoms with E-state index in [4.69, 9.17) is 16.9 Å². The molecule has 496 valence electrons. The number of phenolic OH excluding ortho intramolecular Hbond substituents is 1. The van der Waals surface area contributed by atoms with Crippen LogP contribution in [-0.2, 0) is 70.4 Å². The first-order valence-corrected chi connectivity index (χ1v) is 31.6. The Morgan fingerprint density at radius 2 is 1.13 bits per heavy atom. The number of aliphatic hydroxyl groups is 1. The first kappa shape index (κ1) is 77.1. The molecule has 10 atom stereocenters. The van der Waals surface area contributed by atoms with Crippen LogP contribution in [0.3, 0.4) is 0 Å². The van der Waals surface area contributed by atoms with Gasteiger partial charge in [-0.15, -0.1) is 0 Å². The maximum Gasteiger partial charge on any atom is 0.245 e. The Balaban J connectivity index is 2.55. The number of nitrogens with one attached hydrogen (secondary N) is 14. The molecule has 20 N–H and O–H groups in total. The van der Waals surface area contributed by atoms with Crippen molar-refractivity contribution in [2.24, 2.45) is 29.2 Å². The number of hydrogen-bond acceptors (Lipinski definition) is 19. The summed E-state index contributed by atoms with van der Waals surface area (Å²) in [6.45, 7) is 12.6. The van der Waals surface area contributed by atoms with Crippen molar-refractivity contribution in [2.75, 3.05) is 38.2 Å². The van der Waals surface area contributed by atoms with Crippen LogP contribution in [0.1, 0.15) is 98.8 Å². The topological polar surface area (TPSA) is 494 Å². The summed E-state index contributed by atoms with van der Waals surface area (Å²) < 4.78 is 0. The molecule has 33 heteroatoms. The minimum Gasteiger partial charge on any atom is -0.508 e. The number of aromatic nitrogens is 2. The smallest absolute Gasteiger partial charge is 0.245 e. The summed E-state index contributed by atoms with van der Waals surface area (Å²) in [5.74, 6) is -10.5. The fourth-order valence-corrected chi connectivity index (χ4v) is 11.1. The van der Waals surface area contributed by atoms with Gasteiger partial charge in [0.25, 0.3) is 0 Å². The number of H-pyrrole nitrogens is 1. The summed E-state index contributed by atoms with van der Waals surface area (Å²) in [4.78, 5) is 169. The molecule has 0 aliphatic heterocycles. The van der Waals surface area contributed by atoms with E-state index in [1.807, 2.05) is 13.8 Å². The maximum atomic E-state index is 14.6. The molecule has 1 aromatic carbocycles. The van der Waals surface area contributed by atoms with Crippen molar-refractivity contribution in [3.05, 3.63) is 48.0 Å². The van der Waals surface area contributed by atoms with Crippen LogP contribution in [0.2, 0.25) is 0 Å². The largest absolute Gasteiger partial charge is 0.508 e. The highest BCUT2D eigenvalue weighted by Gasteiger charge is 2.36. The third kappa shape index (κ3) is 28.8. The number of aromatic hydroxyl groups is 1. The van der Waals surface area contributed by atoms with Gasteiger partial charge in [0.1, 0.15) is 54.1 Å². The van der Waals surface area contributed by atoms with E-state index in [9.17, 15) is 67.7 Å². The van der Waals surface area contributed by atoms with Crippen molar-refractivity contribution < 1.29 is 67.7 Å². The van der Waals surface area contributed by atoms with Crippen LogP contribution in [0.5, 0.6) is 5.75 Å². The standard InChI is InChI=1S/C56H91N17O14S2/c1-10-62-47(79)36(12-11-19-63-56(58)59)66-51(83)40(21-33-13-15-35(77)16-14-33)69-52(84)41(24-74)70-50(82)39(20-29(2)3)68-53(85)43(26-89-88-25-42(32(8)76)71-54(86)45(60-9)30(4)5)72-55(87)46(31(6)7)73-48(80)37(17-18-44(57)78)67-49(81)38(65-28-75)22-34-23-61-27-64-34/h13-16,23,27-31,36-43,45-46,60,74,77H,10-12,17-22,24-26H2,1-9H3,(H2,57,78)(H,61,64)(H,62,79)(H,65,75)(H,66,83)(H,67,81)(H,68,85)(H,69,84)(H,70,82)(H,71,86)(H,72,87)(H,73,80)(H4,58,59,63)/t36-,37-,38?,39-,40-,41-,42-,43-,45-,46-/m0/s1. The van der Waals surface area contributed by atoms with Crippen molar-refractivity contribution in [3.63, 3.8) is 0 Å². The van der Waals surface area contributed by atoms with Gasteiger partial charge in [0.15, 0.2) is 11.7 Å². The highest BCUT2D eigenvalue weighted by Crippen LogP contribution is 2.24. The molecule has 31 nitrogen and oxygen atoms in total. The zero-order chi connectivity index (χ0) is 66.9. The van der Waals surface area contributed by atoms with E-state index in [0.717, 1.165) is 21.6 Å². The summed E-state index contributed by atoms with van der Waals surface area (Å²) in [6.07, 6.45) is 2.37. The lowest BCUT2D eigenvalue weighted by molar-refractivity contribution is -0.136. The van der Waals surface area contributed by atoms with Crippen molar-refractivity contribution in [1.29, 1.82) is 5.41 Å². The van der Waals surface area contributed by atoms with Crippen molar-refractivity contribution in [2.45, 2.75) is 161 Å². The van der Waals surface area contributed by atoms with Gasteiger partial charge in [0.2, 0.25) is 65.5 Å². The molecule has 0 radical (unpaired) electrons. The van der Waals surface area contributed by atoms with Crippen LogP contribution >= 0.6 is 21.6 Å². The van der Waals surface area contributed by atoms with Gasteiger partial charge >= 0.3 is 0 Å². The number of aliphatic hydroxyl groups excluding tert-OH is 1. The van der Waals surface area contributed by atoms with E-state index >= 15 is 0 Å². The van der Waals surface area contributed by atoms with E-state index in [1.165, 1.54) is 43.7 Å². The molecule has 2 rings (SSSR count). The number of phenols is 1. The second kappa shape index (κ2) is 40.5. The predicted molar refractivity (Wildman–Crippen MR) is 333 cm³/mol. The molecule has 0 aliphatic carbocycles. The molecule has 1 unspecified atom stereocenters. The zero-order valence-corrected chi connectivity index (χ0v) is 53.4. The highest BCUT2D eigenvalue weighted by atomic mass is 33.1. The number of guanidine groups is 1. The molecule has 0 spiro atoms. The third-order valence-electron chi connectivity index (χ3n) is 13.5. The Kier molecular flexibility index (Phi) is 35.1. The second-order valence-electron chi connectivity index (χ2n) is 22.0. The number of hydrogen-bond donors (Lipinski definition) is 18. The van der Waals surface area contributed by atoms with Gasteiger partial charge in [0.05, 0.1) is 25.0 Å². The molecule has 0 fully saturated rings. The number of benzene rings is 1. The summed E-state index contributed by atoms with van der Waals surface area (Å²) in [5.41, 5.74) is 11.7. The zero-order valence-electron chi connectivity index (χ0n) is 51.7. The summed E-state index contributed by atoms with van der Waals surface area (Å²) in [5, 5.41) is 59.3. The quantitative estimate of drug-likeness (QED) is 0.0101. The Morgan fingerprint density at radius 3 is 1.66 bits per heavy atom. The van der Waals surface area contributed by atoms with E-state index in [-0.39, 0.29) is 105 Å². The Morgan fingerprint density at radius 1 is 0.629 bits per heavy atom. The van der Waals surface area contributed by atoms with Gasteiger partial charge in [-0.1, -0.05) is 75.3 Å². The molecule has 0 aliphatic rings. The Hall–Kier alpha value is -8.04. The van der Waals surface area contributed by atoms with Crippen molar-refractivity contribution >= 4 is 98.8 Å². The SMILES string of the molecule is CCNC(=O)[C@H](CCCNC(=N)N)NC(=O)[C@H](Cc1ccc(O)cc1)NC(=O)[C@H](CO)NC(=O)[C@H](CC(C)C)NC(=O)[C@H](CSSC[C@H](NC(=O)[C@@H](NC)C(C)C)C(C)=O)NC(=O)[C@@H](NC(=O)[C@H](CCC(N)=O)NC(=O)C(Cc1cnc[nH]1)NC=O)C(C)C. The average molecular weight is 1290 g/mol. The maximum absolute atomic E-state index is 14.6. The number of likely N-dealkylation sites (N-methyl/N-ethyl adjacent to an activating group) is 2. The molecule has 89 heavy (non-hydrogen) atoms. The number of imidazole rings is 1. The number of carbonyl (C=O) groups is 12. The number of carbonyl (C=O) groups excluding carboxylic acids is 12. The van der Waals surface area contributed by atoms with Crippen molar-refractivity contribution in [1.82, 2.24) is 73.8 Å². The fourth-order valence-electron chi connectivity index (χ4n) is 8.67. The van der Waals surface area contributed by atoms with E-state index in [2.05, 4.69) is 73.8 Å². The average Bonchev–Trinajstić information content (AvgIpc) is 4.12. The monoisotopic (exact) mass is 1290 g/mol. The first-order valence-electron chi connectivity index (χ1n) is 29.1. The van der Waals surface area contributed by atoms with Crippen molar-refractivity contribution in [3.8, 4) is 5.75 Å². The van der Waals surface area contributed by atoms with E-state index in [0.29, 0.717) is 11.3 Å². The molecule has 1 heterocycles. The molecule has 0 saturated heterocycles. The van der Waals surface area contributed by atoms with Crippen LogP contribution in [0, 0.1) is 23.2 Å². The lowest BCUT2D eigenvalue weighted by Gasteiger charge is -2.29. The number of amides is 11. The van der Waals surface area contributed by atoms with Gasteiger partial charge in [-0.2, -0.15) is 0 Å². The molecule has 0 bridgehead atoms. The number of primary amides is 1. The second-order valence-corrected chi connectivity index (χ2v) is 24.6. The van der Waals surface area contributed by atoms with Crippen LogP contribution in [0.25, 0.3) is 0 Å². The van der Waals surface area contributed by atoms with Crippen LogP contribution in [-0.4, -0.2) is 196 Å². The summed E-state index contributed by atoms with van der Waals surface area (Å²) in [7, 11) is 3.70. The fraction of sp³-hybridized carbons (Fsp3) is 0.607. The van der Waals surface area contributed by atoms with E-state index < -0.39 is 132 Å². The van der Waals surface area contributed by atoms with Crippen LogP contribution < -0.4 is 75.3 Å². The van der Waals surface area contributed by atoms with Gasteiger partial charge in [-0.25, -0.2) is 4.98 Å². The minimum absolute atomic E-state index is 0.00586. The lowest BCUT2D eigenvalue weighted by atomic mass is 10.0. The number of nitrogens with two attached hydrogens (primary N) is 2. The normalized spacial score (nSPS) is 14.5. The van der Waals surface area contributed by atoms with E-state index in [1.54, 1.807) is 41.7 Å². The Labute approximate surface area is 525 Å². The highest BCUT2D eigenvalue weighted by molar-refractivity contribution is 8.76. The molecular formula is C56H91N17O14S2. The number of rotatable bonds is 43. The molecule has 11 amide bonds. The number of nitrogens with zero attached hydrogens (tertiary/aromatic N) is 1. The number of ketones is 1. The summed E-state index contributed by atoms with van der Waals surface area (Å²) >= 11 is 0.